The number of carbonyl (C=O) groups excluding carboxylic acids is 1. The van der Waals surface area contributed by atoms with Crippen molar-refractivity contribution < 1.29 is 24.2 Å². The minimum Gasteiger partial charge on any atom is -0.493 e. The summed E-state index contributed by atoms with van der Waals surface area (Å²) in [5.41, 5.74) is 2.80. The van der Waals surface area contributed by atoms with Crippen LogP contribution in [0.15, 0.2) is 47.4 Å². The Bertz CT molecular complexity index is 1020. The molecule has 30 heavy (non-hydrogen) atoms. The van der Waals surface area contributed by atoms with Crippen molar-refractivity contribution in [3.8, 4) is 22.6 Å². The number of hydrogen-bond donors (Lipinski definition) is 1. The zero-order valence-electron chi connectivity index (χ0n) is 16.6. The standard InChI is InChI=1S/C22H21NO5S2/c1-27-17-9-8-16(13-18(17)28-2)15-6-3-5-14(11-15)12-19-21(26)23(22(29)30-19)10-4-7-20(24)25/h3,5-6,8-9,11-13H,4,7,10H2,1-2H3,(H,24,25)/b19-12-. The number of benzene rings is 2. The molecule has 1 aliphatic heterocycles. The van der Waals surface area contributed by atoms with Crippen molar-refractivity contribution in [3.05, 3.63) is 52.9 Å². The van der Waals surface area contributed by atoms with Gasteiger partial charge in [-0.25, -0.2) is 0 Å². The van der Waals surface area contributed by atoms with Crippen molar-refractivity contribution in [2.45, 2.75) is 12.8 Å². The van der Waals surface area contributed by atoms with Crippen LogP contribution in [0, 0.1) is 0 Å². The monoisotopic (exact) mass is 443 g/mol. The van der Waals surface area contributed by atoms with Crippen molar-refractivity contribution in [1.82, 2.24) is 4.90 Å². The fourth-order valence-electron chi connectivity index (χ4n) is 3.06. The summed E-state index contributed by atoms with van der Waals surface area (Å²) in [4.78, 5) is 25.4. The highest BCUT2D eigenvalue weighted by atomic mass is 32.2. The van der Waals surface area contributed by atoms with Gasteiger partial charge in [0, 0.05) is 13.0 Å². The molecule has 6 nitrogen and oxygen atoms in total. The summed E-state index contributed by atoms with van der Waals surface area (Å²) in [7, 11) is 3.19. The molecule has 0 bridgehead atoms. The van der Waals surface area contributed by atoms with E-state index in [1.54, 1.807) is 20.3 Å². The third kappa shape index (κ3) is 5.01. The van der Waals surface area contributed by atoms with Gasteiger partial charge in [0.05, 0.1) is 19.1 Å². The van der Waals surface area contributed by atoms with Crippen molar-refractivity contribution in [2.24, 2.45) is 0 Å². The molecular formula is C22H21NO5S2. The van der Waals surface area contributed by atoms with Gasteiger partial charge in [-0.2, -0.15) is 0 Å². The summed E-state index contributed by atoms with van der Waals surface area (Å²) in [6.45, 7) is 0.306. The molecule has 1 amide bonds. The summed E-state index contributed by atoms with van der Waals surface area (Å²) in [5.74, 6) is 0.224. The van der Waals surface area contributed by atoms with Crippen molar-refractivity contribution in [2.75, 3.05) is 20.8 Å². The molecule has 0 radical (unpaired) electrons. The van der Waals surface area contributed by atoms with Gasteiger partial charge >= 0.3 is 5.97 Å². The number of ether oxygens (including phenoxy) is 2. The topological polar surface area (TPSA) is 76.1 Å². The first-order valence-electron chi connectivity index (χ1n) is 9.22. The molecule has 0 spiro atoms. The van der Waals surface area contributed by atoms with E-state index < -0.39 is 5.97 Å². The van der Waals surface area contributed by atoms with Crippen molar-refractivity contribution in [1.29, 1.82) is 0 Å². The Morgan fingerprint density at radius 3 is 2.57 bits per heavy atom. The smallest absolute Gasteiger partial charge is 0.303 e. The molecule has 8 heteroatoms. The SMILES string of the molecule is COc1ccc(-c2cccc(/C=C3\SC(=S)N(CCCC(=O)O)C3=O)c2)cc1OC. The molecule has 1 aliphatic rings. The Morgan fingerprint density at radius 1 is 1.13 bits per heavy atom. The van der Waals surface area contributed by atoms with Crippen LogP contribution in [0.1, 0.15) is 18.4 Å². The third-order valence-corrected chi connectivity index (χ3v) is 5.92. The Labute approximate surface area is 184 Å². The lowest BCUT2D eigenvalue weighted by Gasteiger charge is -2.13. The maximum Gasteiger partial charge on any atom is 0.303 e. The average molecular weight is 444 g/mol. The van der Waals surface area contributed by atoms with Crippen LogP contribution in [0.2, 0.25) is 0 Å². The van der Waals surface area contributed by atoms with Crippen LogP contribution in [0.5, 0.6) is 11.5 Å². The highest BCUT2D eigenvalue weighted by Gasteiger charge is 2.31. The van der Waals surface area contributed by atoms with E-state index in [4.69, 9.17) is 26.8 Å². The molecule has 0 unspecified atom stereocenters. The zero-order valence-corrected chi connectivity index (χ0v) is 18.2. The lowest BCUT2D eigenvalue weighted by molar-refractivity contribution is -0.137. The second-order valence-electron chi connectivity index (χ2n) is 6.53. The Hall–Kier alpha value is -2.84. The number of amides is 1. The van der Waals surface area contributed by atoms with Gasteiger partial charge in [-0.05, 0) is 47.4 Å². The van der Waals surface area contributed by atoms with Gasteiger partial charge in [-0.3, -0.25) is 14.5 Å². The Morgan fingerprint density at radius 2 is 1.87 bits per heavy atom. The normalized spacial score (nSPS) is 15.0. The molecule has 0 aromatic heterocycles. The largest absolute Gasteiger partial charge is 0.493 e. The molecule has 1 fully saturated rings. The number of aliphatic carboxylic acids is 1. The fraction of sp³-hybridized carbons (Fsp3) is 0.227. The maximum atomic E-state index is 12.7. The first kappa shape index (κ1) is 21.9. The Balaban J connectivity index is 1.81. The summed E-state index contributed by atoms with van der Waals surface area (Å²) < 4.78 is 11.1. The van der Waals surface area contributed by atoms with E-state index in [1.165, 1.54) is 16.7 Å². The second-order valence-corrected chi connectivity index (χ2v) is 8.20. The number of nitrogens with zero attached hydrogens (tertiary/aromatic N) is 1. The summed E-state index contributed by atoms with van der Waals surface area (Å²) in [5, 5.41) is 8.78. The molecule has 156 valence electrons. The Kier molecular flexibility index (Phi) is 7.12. The van der Waals surface area contributed by atoms with Crippen LogP contribution in [0.25, 0.3) is 17.2 Å². The average Bonchev–Trinajstić information content (AvgIpc) is 3.00. The van der Waals surface area contributed by atoms with Crippen LogP contribution in [-0.4, -0.2) is 47.0 Å². The van der Waals surface area contributed by atoms with Crippen LogP contribution in [0.4, 0.5) is 0 Å². The van der Waals surface area contributed by atoms with E-state index in [9.17, 15) is 9.59 Å². The number of carboxylic acids is 1. The van der Waals surface area contributed by atoms with Gasteiger partial charge < -0.3 is 14.6 Å². The molecule has 0 atom stereocenters. The van der Waals surface area contributed by atoms with Gasteiger partial charge in [-0.15, -0.1) is 0 Å². The number of thioether (sulfide) groups is 1. The lowest BCUT2D eigenvalue weighted by Crippen LogP contribution is -2.29. The van der Waals surface area contributed by atoms with E-state index in [0.29, 0.717) is 33.7 Å². The first-order chi connectivity index (χ1) is 14.4. The van der Waals surface area contributed by atoms with E-state index in [1.807, 2.05) is 42.5 Å². The fourth-order valence-corrected chi connectivity index (χ4v) is 4.36. The number of methoxy groups -OCH3 is 2. The number of thiocarbonyl (C=S) groups is 1. The highest BCUT2D eigenvalue weighted by Crippen LogP contribution is 2.35. The maximum absolute atomic E-state index is 12.7. The zero-order chi connectivity index (χ0) is 21.7. The van der Waals surface area contributed by atoms with Crippen LogP contribution in [0.3, 0.4) is 0 Å². The van der Waals surface area contributed by atoms with E-state index in [-0.39, 0.29) is 12.3 Å². The van der Waals surface area contributed by atoms with Gasteiger partial charge in [-0.1, -0.05) is 48.2 Å². The number of hydrogen-bond acceptors (Lipinski definition) is 6. The van der Waals surface area contributed by atoms with Crippen molar-refractivity contribution >= 4 is 46.3 Å². The minimum absolute atomic E-state index is 0.00345. The molecule has 0 saturated carbocycles. The number of rotatable bonds is 8. The van der Waals surface area contributed by atoms with E-state index in [2.05, 4.69) is 0 Å². The van der Waals surface area contributed by atoms with Gasteiger partial charge in [0.1, 0.15) is 4.32 Å². The van der Waals surface area contributed by atoms with E-state index in [0.717, 1.165) is 16.7 Å². The van der Waals surface area contributed by atoms with Crippen molar-refractivity contribution in [3.63, 3.8) is 0 Å². The second kappa shape index (κ2) is 9.77. The number of carbonyl (C=O) groups is 2. The predicted molar refractivity (Wildman–Crippen MR) is 122 cm³/mol. The van der Waals surface area contributed by atoms with Gasteiger partial charge in [0.25, 0.3) is 5.91 Å². The van der Waals surface area contributed by atoms with Crippen LogP contribution in [-0.2, 0) is 9.59 Å². The molecule has 1 N–H and O–H groups in total. The number of carboxylic acid groups (broad SMARTS) is 1. The molecule has 2 aromatic carbocycles. The molecule has 2 aromatic rings. The molecule has 1 heterocycles. The molecular weight excluding hydrogens is 422 g/mol. The quantitative estimate of drug-likeness (QED) is 0.478. The molecule has 0 aliphatic carbocycles. The summed E-state index contributed by atoms with van der Waals surface area (Å²) in [6, 6.07) is 13.5. The first-order valence-corrected chi connectivity index (χ1v) is 10.4. The van der Waals surface area contributed by atoms with Crippen LogP contribution >= 0.6 is 24.0 Å². The van der Waals surface area contributed by atoms with E-state index >= 15 is 0 Å². The predicted octanol–water partition coefficient (Wildman–Crippen LogP) is 4.44. The van der Waals surface area contributed by atoms with Crippen LogP contribution < -0.4 is 9.47 Å². The van der Waals surface area contributed by atoms with Gasteiger partial charge in [0.15, 0.2) is 11.5 Å². The van der Waals surface area contributed by atoms with Gasteiger partial charge in [0.2, 0.25) is 0 Å². The summed E-state index contributed by atoms with van der Waals surface area (Å²) in [6.07, 6.45) is 2.17. The lowest BCUT2D eigenvalue weighted by atomic mass is 10.0. The third-order valence-electron chi connectivity index (χ3n) is 4.55. The molecule has 1 saturated heterocycles. The highest BCUT2D eigenvalue weighted by molar-refractivity contribution is 8.26. The summed E-state index contributed by atoms with van der Waals surface area (Å²) >= 11 is 6.53. The minimum atomic E-state index is -0.886. The molecule has 3 rings (SSSR count).